The van der Waals surface area contributed by atoms with Crippen LogP contribution in [0.2, 0.25) is 0 Å². The summed E-state index contributed by atoms with van der Waals surface area (Å²) in [7, 11) is -1.71. The van der Waals surface area contributed by atoms with Crippen molar-refractivity contribution in [2.75, 3.05) is 11.5 Å². The van der Waals surface area contributed by atoms with Crippen molar-refractivity contribution in [1.29, 1.82) is 0 Å². The van der Waals surface area contributed by atoms with E-state index in [1.807, 2.05) is 0 Å². The van der Waals surface area contributed by atoms with Crippen LogP contribution in [0.3, 0.4) is 0 Å². The van der Waals surface area contributed by atoms with Gasteiger partial charge in [-0.3, -0.25) is 13.8 Å². The van der Waals surface area contributed by atoms with Gasteiger partial charge in [0.25, 0.3) is 0 Å². The molecule has 0 aliphatic rings. The van der Waals surface area contributed by atoms with Gasteiger partial charge in [0.05, 0.1) is 5.75 Å². The van der Waals surface area contributed by atoms with Gasteiger partial charge in [-0.1, -0.05) is 0 Å². The summed E-state index contributed by atoms with van der Waals surface area (Å²) in [6, 6.07) is -1.60. The highest BCUT2D eigenvalue weighted by molar-refractivity contribution is 7.85. The zero-order chi connectivity index (χ0) is 15.2. The van der Waals surface area contributed by atoms with Crippen molar-refractivity contribution in [3.05, 3.63) is 0 Å². The Labute approximate surface area is 99.1 Å². The lowest BCUT2D eigenvalue weighted by molar-refractivity contribution is -0.140. The SMILES string of the molecule is [2H]C([2H])([2H])C(=O)N[C@@H](CS(=O)CCC(N)=O)C(=O)O. The number of hydrogen-bond acceptors (Lipinski definition) is 4. The molecule has 4 N–H and O–H groups in total. The van der Waals surface area contributed by atoms with Crippen LogP contribution in [0.5, 0.6) is 0 Å². The summed E-state index contributed by atoms with van der Waals surface area (Å²) in [6.45, 7) is -2.98. The average molecular weight is 253 g/mol. The van der Waals surface area contributed by atoms with E-state index in [0.29, 0.717) is 0 Å². The Hall–Kier alpha value is -1.44. The van der Waals surface area contributed by atoms with Crippen molar-refractivity contribution in [3.8, 4) is 0 Å². The highest BCUT2D eigenvalue weighted by atomic mass is 32.2. The van der Waals surface area contributed by atoms with Crippen LogP contribution in [0.15, 0.2) is 0 Å². The molecule has 0 radical (unpaired) electrons. The summed E-state index contributed by atoms with van der Waals surface area (Å²) < 4.78 is 31.8. The second kappa shape index (κ2) is 6.94. The number of carboxylic acid groups (broad SMARTS) is 1. The van der Waals surface area contributed by atoms with Crippen LogP contribution in [0.4, 0.5) is 0 Å². The van der Waals surface area contributed by atoms with Gasteiger partial charge < -0.3 is 16.2 Å². The highest BCUT2D eigenvalue weighted by Gasteiger charge is 2.21. The summed E-state index contributed by atoms with van der Waals surface area (Å²) in [4.78, 5) is 32.4. The van der Waals surface area contributed by atoms with Crippen molar-refractivity contribution >= 4 is 28.6 Å². The zero-order valence-corrected chi connectivity index (χ0v) is 9.08. The predicted octanol–water partition coefficient (Wildman–Crippen LogP) is -1.80. The van der Waals surface area contributed by atoms with Crippen LogP contribution in [-0.4, -0.2) is 44.6 Å². The molecule has 1 unspecified atom stereocenters. The third kappa shape index (κ3) is 6.93. The first kappa shape index (κ1) is 9.76. The first-order valence-corrected chi connectivity index (χ1v) is 5.70. The summed E-state index contributed by atoms with van der Waals surface area (Å²) in [5.74, 6) is -4.28. The van der Waals surface area contributed by atoms with E-state index in [2.05, 4.69) is 0 Å². The number of amides is 2. The Morgan fingerprint density at radius 1 is 1.56 bits per heavy atom. The van der Waals surface area contributed by atoms with Gasteiger partial charge in [0.2, 0.25) is 11.8 Å². The molecule has 0 saturated carbocycles. The van der Waals surface area contributed by atoms with Crippen LogP contribution >= 0.6 is 0 Å². The molecule has 0 bridgehead atoms. The Balaban J connectivity index is 4.51. The smallest absolute Gasteiger partial charge is 0.327 e. The molecule has 8 heteroatoms. The number of nitrogens with one attached hydrogen (secondary N) is 1. The molecule has 2 amide bonds. The van der Waals surface area contributed by atoms with Gasteiger partial charge in [0.1, 0.15) is 6.04 Å². The molecule has 2 atom stereocenters. The maximum atomic E-state index is 11.4. The lowest BCUT2D eigenvalue weighted by Gasteiger charge is -2.12. The minimum Gasteiger partial charge on any atom is -0.480 e. The normalized spacial score (nSPS) is 17.4. The van der Waals surface area contributed by atoms with Crippen LogP contribution in [0, 0.1) is 0 Å². The fourth-order valence-electron chi connectivity index (χ4n) is 0.817. The van der Waals surface area contributed by atoms with E-state index in [-0.39, 0.29) is 12.2 Å². The molecule has 0 aliphatic heterocycles. The first-order chi connectivity index (χ1) is 8.54. The standard InChI is InChI=1S/C8H14N2O5S/c1-5(11)10-6(8(13)14)4-16(15)3-2-7(9)12/h6H,2-4H2,1H3,(H2,9,12)(H,10,11)(H,13,14)/t6-,16?/m0/s1/i1D3. The molecule has 7 nitrogen and oxygen atoms in total. The van der Waals surface area contributed by atoms with E-state index in [0.717, 1.165) is 0 Å². The number of aliphatic carboxylic acids is 1. The van der Waals surface area contributed by atoms with Crippen molar-refractivity contribution in [2.24, 2.45) is 5.73 Å². The van der Waals surface area contributed by atoms with Gasteiger partial charge in [-0.05, 0) is 0 Å². The van der Waals surface area contributed by atoms with Gasteiger partial charge in [0, 0.05) is 33.9 Å². The molecular weight excluding hydrogens is 236 g/mol. The van der Waals surface area contributed by atoms with Crippen LogP contribution in [0.1, 0.15) is 17.4 Å². The van der Waals surface area contributed by atoms with Gasteiger partial charge in [-0.2, -0.15) is 0 Å². The Morgan fingerprint density at radius 3 is 2.62 bits per heavy atom. The fraction of sp³-hybridized carbons (Fsp3) is 0.625. The van der Waals surface area contributed by atoms with Gasteiger partial charge >= 0.3 is 5.97 Å². The molecule has 92 valence electrons. The van der Waals surface area contributed by atoms with E-state index in [1.165, 1.54) is 0 Å². The van der Waals surface area contributed by atoms with E-state index < -0.39 is 47.2 Å². The molecule has 0 heterocycles. The average Bonchev–Trinajstić information content (AvgIpc) is 2.23. The molecule has 16 heavy (non-hydrogen) atoms. The highest BCUT2D eigenvalue weighted by Crippen LogP contribution is 1.94. The summed E-state index contributed by atoms with van der Waals surface area (Å²) in [6.07, 6.45) is -0.188. The molecule has 0 saturated heterocycles. The topological polar surface area (TPSA) is 127 Å². The molecule has 0 aromatic rings. The molecular formula is C8H14N2O5S. The first-order valence-electron chi connectivity index (χ1n) is 5.71. The Kier molecular flexibility index (Phi) is 4.23. The van der Waals surface area contributed by atoms with Crippen molar-refractivity contribution in [3.63, 3.8) is 0 Å². The van der Waals surface area contributed by atoms with Gasteiger partial charge in [-0.15, -0.1) is 0 Å². The second-order valence-corrected chi connectivity index (χ2v) is 4.51. The van der Waals surface area contributed by atoms with Crippen LogP contribution in [-0.2, 0) is 25.2 Å². The number of carbonyl (C=O) groups is 3. The van der Waals surface area contributed by atoms with E-state index in [4.69, 9.17) is 15.0 Å². The number of primary amides is 1. The maximum absolute atomic E-state index is 11.4. The van der Waals surface area contributed by atoms with Crippen molar-refractivity contribution < 1.29 is 27.8 Å². The third-order valence-electron chi connectivity index (χ3n) is 1.53. The van der Waals surface area contributed by atoms with E-state index >= 15 is 0 Å². The molecule has 0 aromatic carbocycles. The zero-order valence-electron chi connectivity index (χ0n) is 11.3. The summed E-state index contributed by atoms with van der Waals surface area (Å²) in [5, 5.41) is 10.6. The lowest BCUT2D eigenvalue weighted by atomic mass is 10.3. The number of hydrogen-bond donors (Lipinski definition) is 3. The molecule has 0 aliphatic carbocycles. The quantitative estimate of drug-likeness (QED) is 0.493. The Bertz CT molecular complexity index is 398. The number of carboxylic acids is 1. The van der Waals surface area contributed by atoms with Crippen LogP contribution in [0.25, 0.3) is 0 Å². The number of rotatable bonds is 7. The monoisotopic (exact) mass is 253 g/mol. The van der Waals surface area contributed by atoms with E-state index in [1.54, 1.807) is 5.32 Å². The molecule has 0 fully saturated rings. The lowest BCUT2D eigenvalue weighted by Crippen LogP contribution is -2.43. The minimum absolute atomic E-state index is 0.150. The Morgan fingerprint density at radius 2 is 2.19 bits per heavy atom. The van der Waals surface area contributed by atoms with Crippen molar-refractivity contribution in [2.45, 2.75) is 19.3 Å². The second-order valence-electron chi connectivity index (χ2n) is 2.89. The maximum Gasteiger partial charge on any atom is 0.327 e. The molecule has 0 spiro atoms. The van der Waals surface area contributed by atoms with Crippen LogP contribution < -0.4 is 11.1 Å². The summed E-state index contributed by atoms with van der Waals surface area (Å²) in [5.41, 5.74) is 4.84. The fourth-order valence-corrected chi connectivity index (χ4v) is 2.01. The summed E-state index contributed by atoms with van der Waals surface area (Å²) >= 11 is 0. The minimum atomic E-state index is -2.98. The van der Waals surface area contributed by atoms with Crippen molar-refractivity contribution in [1.82, 2.24) is 5.32 Å². The predicted molar refractivity (Wildman–Crippen MR) is 56.9 cm³/mol. The largest absolute Gasteiger partial charge is 0.480 e. The van der Waals surface area contributed by atoms with Gasteiger partial charge in [0.15, 0.2) is 0 Å². The number of nitrogens with two attached hydrogens (primary N) is 1. The van der Waals surface area contributed by atoms with Gasteiger partial charge in [-0.25, -0.2) is 4.79 Å². The third-order valence-corrected chi connectivity index (χ3v) is 2.90. The number of carbonyl (C=O) groups excluding carboxylic acids is 2. The van der Waals surface area contributed by atoms with E-state index in [9.17, 15) is 18.6 Å². The molecule has 0 rings (SSSR count). The molecule has 0 aromatic heterocycles.